The second-order valence-corrected chi connectivity index (χ2v) is 7.92. The van der Waals surface area contributed by atoms with Crippen LogP contribution in [0.4, 0.5) is 13.2 Å². The molecule has 0 unspecified atom stereocenters. The third-order valence-electron chi connectivity index (χ3n) is 5.01. The van der Waals surface area contributed by atoms with Gasteiger partial charge in [-0.1, -0.05) is 67.6 Å². The van der Waals surface area contributed by atoms with E-state index in [1.807, 2.05) is 78.5 Å². The van der Waals surface area contributed by atoms with Gasteiger partial charge in [0, 0.05) is 36.5 Å². The van der Waals surface area contributed by atoms with Crippen molar-refractivity contribution >= 4 is 17.8 Å². The van der Waals surface area contributed by atoms with Crippen molar-refractivity contribution in [3.05, 3.63) is 78.0 Å². The summed E-state index contributed by atoms with van der Waals surface area (Å²) >= 11 is 0. The van der Waals surface area contributed by atoms with Gasteiger partial charge in [0.15, 0.2) is 0 Å². The van der Waals surface area contributed by atoms with Crippen molar-refractivity contribution in [3.63, 3.8) is 0 Å². The zero-order valence-corrected chi connectivity index (χ0v) is 20.0. The fraction of sp³-hybridized carbons (Fsp3) is 0.280. The fourth-order valence-electron chi connectivity index (χ4n) is 2.99. The molecule has 0 bridgehead atoms. The maximum atomic E-state index is 12.2. The van der Waals surface area contributed by atoms with Crippen LogP contribution in [0.1, 0.15) is 24.5 Å². The van der Waals surface area contributed by atoms with Crippen LogP contribution in [0.3, 0.4) is 0 Å². The Hall–Kier alpha value is -4.19. The van der Waals surface area contributed by atoms with Crippen LogP contribution in [0.25, 0.3) is 11.3 Å². The van der Waals surface area contributed by atoms with Gasteiger partial charge in [-0.15, -0.1) is 0 Å². The molecule has 3 rings (SSSR count). The first-order valence-electron chi connectivity index (χ1n) is 11.3. The number of hydrogen-bond acceptors (Lipinski definition) is 5. The van der Waals surface area contributed by atoms with Gasteiger partial charge in [0.05, 0.1) is 12.2 Å². The molecule has 2 aromatic carbocycles. The molecule has 0 aliphatic heterocycles. The molecule has 0 saturated heterocycles. The quantitative estimate of drug-likeness (QED) is 0.338. The first-order valence-corrected chi connectivity index (χ1v) is 11.3. The second-order valence-electron chi connectivity index (χ2n) is 7.92. The van der Waals surface area contributed by atoms with E-state index in [4.69, 9.17) is 20.7 Å². The highest BCUT2D eigenvalue weighted by Crippen LogP contribution is 2.22. The van der Waals surface area contributed by atoms with Crippen molar-refractivity contribution in [2.75, 3.05) is 6.54 Å². The zero-order valence-electron chi connectivity index (χ0n) is 20.0. The molecular formula is C25H28F3N5O4. The highest BCUT2D eigenvalue weighted by Gasteiger charge is 2.38. The van der Waals surface area contributed by atoms with Crippen LogP contribution in [0.2, 0.25) is 0 Å². The lowest BCUT2D eigenvalue weighted by Crippen LogP contribution is -2.44. The molecule has 198 valence electrons. The number of nitrogens with zero attached hydrogens (tertiary/aromatic N) is 2. The third-order valence-corrected chi connectivity index (χ3v) is 5.01. The van der Waals surface area contributed by atoms with E-state index in [-0.39, 0.29) is 19.1 Å². The van der Waals surface area contributed by atoms with Crippen molar-refractivity contribution < 1.29 is 32.7 Å². The molecule has 0 aliphatic rings. The number of rotatable bonds is 8. The third kappa shape index (κ3) is 9.76. The Morgan fingerprint density at radius 2 is 1.54 bits per heavy atom. The van der Waals surface area contributed by atoms with Gasteiger partial charge in [-0.05, 0) is 12.0 Å². The minimum Gasteiger partial charge on any atom is -0.475 e. The van der Waals surface area contributed by atoms with Crippen LogP contribution in [0, 0.1) is 0 Å². The van der Waals surface area contributed by atoms with Gasteiger partial charge < -0.3 is 21.5 Å². The van der Waals surface area contributed by atoms with Crippen molar-refractivity contribution in [1.29, 1.82) is 0 Å². The number of amides is 2. The van der Waals surface area contributed by atoms with Crippen LogP contribution >= 0.6 is 0 Å². The predicted octanol–water partition coefficient (Wildman–Crippen LogP) is 2.70. The highest BCUT2D eigenvalue weighted by molar-refractivity contribution is 6.35. The van der Waals surface area contributed by atoms with Crippen LogP contribution in [-0.4, -0.2) is 51.4 Å². The van der Waals surface area contributed by atoms with Gasteiger partial charge in [0.25, 0.3) is 0 Å². The normalized spacial score (nSPS) is 11.6. The molecule has 0 saturated carbocycles. The van der Waals surface area contributed by atoms with Crippen molar-refractivity contribution in [2.45, 2.75) is 38.7 Å². The van der Waals surface area contributed by atoms with Gasteiger partial charge in [-0.2, -0.15) is 18.3 Å². The van der Waals surface area contributed by atoms with Crippen LogP contribution in [0.15, 0.2) is 66.9 Å². The Morgan fingerprint density at radius 1 is 1.00 bits per heavy atom. The Kier molecular flexibility index (Phi) is 10.8. The van der Waals surface area contributed by atoms with Gasteiger partial charge in [-0.25, -0.2) is 4.79 Å². The zero-order chi connectivity index (χ0) is 27.4. The van der Waals surface area contributed by atoms with Crippen LogP contribution in [0.5, 0.6) is 0 Å². The molecule has 37 heavy (non-hydrogen) atoms. The summed E-state index contributed by atoms with van der Waals surface area (Å²) in [6.45, 7) is 3.01. The number of carboxylic acids is 1. The number of nitrogens with one attached hydrogen (secondary N) is 2. The number of hydrogen-bond donors (Lipinski definition) is 4. The minimum atomic E-state index is -5.08. The standard InChI is InChI=1S/C23H27N5O2.C2HF3O2/c1-2-20(24)14-26-23(30)22(29)25-13-19-16-28(15-17-9-5-3-6-10-17)27-21(19)18-11-7-4-8-12-18;3-2(4,5)1(6)7/h3-12,16,20H,2,13-15,24H2,1H3,(H,25,29)(H,26,30);(H,6,7)/t20-;/m1./s1. The molecule has 1 atom stereocenters. The molecule has 2 amide bonds. The summed E-state index contributed by atoms with van der Waals surface area (Å²) < 4.78 is 33.6. The van der Waals surface area contributed by atoms with E-state index in [0.29, 0.717) is 6.54 Å². The Morgan fingerprint density at radius 3 is 2.08 bits per heavy atom. The lowest BCUT2D eigenvalue weighted by molar-refractivity contribution is -0.192. The summed E-state index contributed by atoms with van der Waals surface area (Å²) in [5, 5.41) is 17.1. The number of benzene rings is 2. The van der Waals surface area contributed by atoms with Crippen molar-refractivity contribution in [1.82, 2.24) is 20.4 Å². The monoisotopic (exact) mass is 519 g/mol. The smallest absolute Gasteiger partial charge is 0.475 e. The molecule has 9 nitrogen and oxygen atoms in total. The molecule has 1 aromatic heterocycles. The summed E-state index contributed by atoms with van der Waals surface area (Å²) in [6.07, 6.45) is -2.45. The number of carbonyl (C=O) groups excluding carboxylic acids is 2. The largest absolute Gasteiger partial charge is 0.490 e. The molecule has 12 heteroatoms. The van der Waals surface area contributed by atoms with Gasteiger partial charge in [0.2, 0.25) is 0 Å². The summed E-state index contributed by atoms with van der Waals surface area (Å²) in [5.74, 6) is -4.13. The minimum absolute atomic E-state index is 0.164. The maximum absolute atomic E-state index is 12.2. The first kappa shape index (κ1) is 29.0. The summed E-state index contributed by atoms with van der Waals surface area (Å²) in [5.41, 5.74) is 9.47. The molecule has 3 aromatic rings. The number of carbonyl (C=O) groups is 3. The molecule has 5 N–H and O–H groups in total. The van der Waals surface area contributed by atoms with Crippen molar-refractivity contribution in [2.24, 2.45) is 5.73 Å². The van der Waals surface area contributed by atoms with Gasteiger partial charge >= 0.3 is 24.0 Å². The SMILES string of the molecule is CC[C@@H](N)CNC(=O)C(=O)NCc1cn(Cc2ccccc2)nc1-c1ccccc1.O=C(O)C(F)(F)F. The van der Waals surface area contributed by atoms with Crippen molar-refractivity contribution in [3.8, 4) is 11.3 Å². The Bertz CT molecular complexity index is 1170. The summed E-state index contributed by atoms with van der Waals surface area (Å²) in [7, 11) is 0. The molecule has 0 spiro atoms. The average Bonchev–Trinajstić information content (AvgIpc) is 3.28. The Balaban J connectivity index is 0.000000604. The lowest BCUT2D eigenvalue weighted by atomic mass is 10.1. The van der Waals surface area contributed by atoms with E-state index in [1.54, 1.807) is 0 Å². The van der Waals surface area contributed by atoms with Crippen LogP contribution < -0.4 is 16.4 Å². The van der Waals surface area contributed by atoms with E-state index in [0.717, 1.165) is 28.8 Å². The van der Waals surface area contributed by atoms with E-state index < -0.39 is 24.0 Å². The fourth-order valence-corrected chi connectivity index (χ4v) is 2.99. The average molecular weight is 520 g/mol. The molecular weight excluding hydrogens is 491 g/mol. The molecule has 0 radical (unpaired) electrons. The predicted molar refractivity (Wildman–Crippen MR) is 130 cm³/mol. The maximum Gasteiger partial charge on any atom is 0.490 e. The van der Waals surface area contributed by atoms with Gasteiger partial charge in [0.1, 0.15) is 0 Å². The number of carboxylic acid groups (broad SMARTS) is 1. The topological polar surface area (TPSA) is 139 Å². The summed E-state index contributed by atoms with van der Waals surface area (Å²) in [4.78, 5) is 33.1. The van der Waals surface area contributed by atoms with E-state index in [2.05, 4.69) is 10.6 Å². The lowest BCUT2D eigenvalue weighted by Gasteiger charge is -2.10. The molecule has 0 aliphatic carbocycles. The van der Waals surface area contributed by atoms with Crippen LogP contribution in [-0.2, 0) is 27.5 Å². The van der Waals surface area contributed by atoms with E-state index in [9.17, 15) is 22.8 Å². The highest BCUT2D eigenvalue weighted by atomic mass is 19.4. The van der Waals surface area contributed by atoms with Gasteiger partial charge in [-0.3, -0.25) is 14.3 Å². The van der Waals surface area contributed by atoms with E-state index >= 15 is 0 Å². The van der Waals surface area contributed by atoms with E-state index in [1.165, 1.54) is 0 Å². The summed E-state index contributed by atoms with van der Waals surface area (Å²) in [6, 6.07) is 19.6. The Labute approximate surface area is 211 Å². The number of aromatic nitrogens is 2. The molecule has 0 fully saturated rings. The number of aliphatic carboxylic acids is 1. The number of nitrogens with two attached hydrogens (primary N) is 1. The second kappa shape index (κ2) is 13.8. The first-order chi connectivity index (χ1) is 17.5. The molecule has 1 heterocycles. The number of alkyl halides is 3. The number of halogens is 3.